The van der Waals surface area contributed by atoms with Crippen molar-refractivity contribution in [2.75, 3.05) is 0 Å². The first-order chi connectivity index (χ1) is 7.45. The van der Waals surface area contributed by atoms with Gasteiger partial charge in [0.15, 0.2) is 0 Å². The summed E-state index contributed by atoms with van der Waals surface area (Å²) in [5, 5.41) is -0.0323. The SMILES string of the molecule is O=CCC=Cc1cc(C(F)(F)F)cnc1Cl. The Balaban J connectivity index is 3.04. The average Bonchev–Trinajstić information content (AvgIpc) is 2.19. The second-order valence-corrected chi connectivity index (χ2v) is 3.26. The minimum Gasteiger partial charge on any atom is -0.303 e. The number of carbonyl (C=O) groups is 1. The molecule has 1 aromatic heterocycles. The van der Waals surface area contributed by atoms with E-state index >= 15 is 0 Å². The number of allylic oxidation sites excluding steroid dienone is 1. The number of aldehydes is 1. The predicted molar refractivity (Wildman–Crippen MR) is 54.0 cm³/mol. The van der Waals surface area contributed by atoms with Crippen molar-refractivity contribution in [3.63, 3.8) is 0 Å². The molecule has 0 radical (unpaired) electrons. The van der Waals surface area contributed by atoms with Crippen molar-refractivity contribution in [1.29, 1.82) is 0 Å². The molecule has 1 aromatic rings. The van der Waals surface area contributed by atoms with Gasteiger partial charge in [-0.3, -0.25) is 0 Å². The zero-order chi connectivity index (χ0) is 12.2. The van der Waals surface area contributed by atoms with Crippen LogP contribution in [0.2, 0.25) is 5.15 Å². The van der Waals surface area contributed by atoms with Crippen LogP contribution in [-0.4, -0.2) is 11.3 Å². The summed E-state index contributed by atoms with van der Waals surface area (Å²) in [5.41, 5.74) is -0.735. The second kappa shape index (κ2) is 5.12. The van der Waals surface area contributed by atoms with Crippen LogP contribution >= 0.6 is 11.6 Å². The molecule has 0 aliphatic carbocycles. The molecule has 0 N–H and O–H groups in total. The lowest BCUT2D eigenvalue weighted by Crippen LogP contribution is -2.05. The predicted octanol–water partition coefficient (Wildman–Crippen LogP) is 3.36. The normalized spacial score (nSPS) is 12.0. The molecule has 0 saturated heterocycles. The van der Waals surface area contributed by atoms with E-state index in [0.29, 0.717) is 12.5 Å². The van der Waals surface area contributed by atoms with Gasteiger partial charge in [-0.25, -0.2) is 4.98 Å². The third kappa shape index (κ3) is 3.34. The Morgan fingerprint density at radius 1 is 1.44 bits per heavy atom. The van der Waals surface area contributed by atoms with E-state index < -0.39 is 11.7 Å². The first kappa shape index (κ1) is 12.7. The van der Waals surface area contributed by atoms with Crippen LogP contribution < -0.4 is 0 Å². The molecule has 2 nitrogen and oxygen atoms in total. The molecule has 0 saturated carbocycles. The number of carbonyl (C=O) groups excluding carboxylic acids is 1. The standard InChI is InChI=1S/C10H7ClF3NO/c11-9-7(3-1-2-4-16)5-8(6-15-9)10(12,13)14/h1,3-6H,2H2. The Morgan fingerprint density at radius 2 is 2.12 bits per heavy atom. The fourth-order valence-electron chi connectivity index (χ4n) is 0.988. The van der Waals surface area contributed by atoms with Crippen LogP contribution in [0, 0.1) is 0 Å². The van der Waals surface area contributed by atoms with Crippen LogP contribution in [0.3, 0.4) is 0 Å². The third-order valence-corrected chi connectivity index (χ3v) is 2.04. The van der Waals surface area contributed by atoms with E-state index in [0.717, 1.165) is 6.07 Å². The quantitative estimate of drug-likeness (QED) is 0.607. The molecular weight excluding hydrogens is 243 g/mol. The number of nitrogens with zero attached hydrogens (tertiary/aromatic N) is 1. The van der Waals surface area contributed by atoms with Crippen molar-refractivity contribution in [3.05, 3.63) is 34.6 Å². The van der Waals surface area contributed by atoms with Crippen LogP contribution in [0.4, 0.5) is 13.2 Å². The first-order valence-corrected chi connectivity index (χ1v) is 4.66. The van der Waals surface area contributed by atoms with E-state index in [1.54, 1.807) is 0 Å². The highest BCUT2D eigenvalue weighted by Gasteiger charge is 2.31. The Morgan fingerprint density at radius 3 is 2.69 bits per heavy atom. The molecule has 0 unspecified atom stereocenters. The molecule has 86 valence electrons. The molecule has 0 aliphatic heterocycles. The molecule has 0 atom stereocenters. The summed E-state index contributed by atoms with van der Waals surface area (Å²) in [6.45, 7) is 0. The summed E-state index contributed by atoms with van der Waals surface area (Å²) < 4.78 is 37.0. The van der Waals surface area contributed by atoms with E-state index in [4.69, 9.17) is 11.6 Å². The van der Waals surface area contributed by atoms with Gasteiger partial charge in [0.2, 0.25) is 0 Å². The molecule has 1 heterocycles. The van der Waals surface area contributed by atoms with Crippen molar-refractivity contribution < 1.29 is 18.0 Å². The van der Waals surface area contributed by atoms with Gasteiger partial charge >= 0.3 is 6.18 Å². The maximum atomic E-state index is 12.3. The lowest BCUT2D eigenvalue weighted by molar-refractivity contribution is -0.137. The molecule has 16 heavy (non-hydrogen) atoms. The zero-order valence-corrected chi connectivity index (χ0v) is 8.72. The Kier molecular flexibility index (Phi) is 4.06. The fraction of sp³-hybridized carbons (Fsp3) is 0.200. The van der Waals surface area contributed by atoms with Crippen LogP contribution in [0.1, 0.15) is 17.5 Å². The van der Waals surface area contributed by atoms with Crippen LogP contribution in [0.25, 0.3) is 6.08 Å². The van der Waals surface area contributed by atoms with E-state index in [1.807, 2.05) is 0 Å². The third-order valence-electron chi connectivity index (χ3n) is 1.72. The van der Waals surface area contributed by atoms with Crippen molar-refractivity contribution in [2.45, 2.75) is 12.6 Å². The summed E-state index contributed by atoms with van der Waals surface area (Å²) in [4.78, 5) is 13.5. The molecular formula is C10H7ClF3NO. The van der Waals surface area contributed by atoms with Crippen LogP contribution in [0.5, 0.6) is 0 Å². The maximum Gasteiger partial charge on any atom is 0.417 e. The Labute approximate surface area is 94.7 Å². The highest BCUT2D eigenvalue weighted by Crippen LogP contribution is 2.30. The number of hydrogen-bond donors (Lipinski definition) is 0. The average molecular weight is 250 g/mol. The summed E-state index contributed by atoms with van der Waals surface area (Å²) >= 11 is 5.61. The van der Waals surface area contributed by atoms with Gasteiger partial charge in [0.25, 0.3) is 0 Å². The second-order valence-electron chi connectivity index (χ2n) is 2.91. The van der Waals surface area contributed by atoms with Gasteiger partial charge in [-0.2, -0.15) is 13.2 Å². The molecule has 0 aromatic carbocycles. The van der Waals surface area contributed by atoms with Gasteiger partial charge in [-0.05, 0) is 6.07 Å². The fourth-order valence-corrected chi connectivity index (χ4v) is 1.15. The van der Waals surface area contributed by atoms with E-state index in [9.17, 15) is 18.0 Å². The minimum absolute atomic E-state index is 0.0323. The summed E-state index contributed by atoms with van der Waals surface area (Å²) in [5.74, 6) is 0. The van der Waals surface area contributed by atoms with E-state index in [-0.39, 0.29) is 17.1 Å². The lowest BCUT2D eigenvalue weighted by atomic mass is 10.2. The number of pyridine rings is 1. The smallest absolute Gasteiger partial charge is 0.303 e. The van der Waals surface area contributed by atoms with Crippen LogP contribution in [0.15, 0.2) is 18.3 Å². The van der Waals surface area contributed by atoms with Gasteiger partial charge in [0.1, 0.15) is 11.4 Å². The Bertz CT molecular complexity index is 415. The molecule has 6 heteroatoms. The van der Waals surface area contributed by atoms with Gasteiger partial charge in [0.05, 0.1) is 5.56 Å². The molecule has 0 spiro atoms. The molecule has 0 aliphatic rings. The molecule has 0 fully saturated rings. The van der Waals surface area contributed by atoms with Gasteiger partial charge in [0, 0.05) is 18.2 Å². The summed E-state index contributed by atoms with van der Waals surface area (Å²) in [7, 11) is 0. The topological polar surface area (TPSA) is 30.0 Å². The molecule has 0 bridgehead atoms. The summed E-state index contributed by atoms with van der Waals surface area (Å²) in [6.07, 6.45) is -0.294. The number of aromatic nitrogens is 1. The molecule has 0 amide bonds. The number of hydrogen-bond acceptors (Lipinski definition) is 2. The summed E-state index contributed by atoms with van der Waals surface area (Å²) in [6, 6.07) is 0.886. The van der Waals surface area contributed by atoms with E-state index in [1.165, 1.54) is 12.2 Å². The van der Waals surface area contributed by atoms with Gasteiger partial charge in [-0.15, -0.1) is 0 Å². The monoisotopic (exact) mass is 249 g/mol. The van der Waals surface area contributed by atoms with Gasteiger partial charge < -0.3 is 4.79 Å². The van der Waals surface area contributed by atoms with Gasteiger partial charge in [-0.1, -0.05) is 23.8 Å². The highest BCUT2D eigenvalue weighted by atomic mass is 35.5. The van der Waals surface area contributed by atoms with Crippen molar-refractivity contribution in [3.8, 4) is 0 Å². The maximum absolute atomic E-state index is 12.3. The highest BCUT2D eigenvalue weighted by molar-refractivity contribution is 6.30. The van der Waals surface area contributed by atoms with Crippen molar-refractivity contribution in [2.24, 2.45) is 0 Å². The molecule has 1 rings (SSSR count). The van der Waals surface area contributed by atoms with Crippen molar-refractivity contribution >= 4 is 24.0 Å². The van der Waals surface area contributed by atoms with E-state index in [2.05, 4.69) is 4.98 Å². The number of rotatable bonds is 3. The largest absolute Gasteiger partial charge is 0.417 e. The Hall–Kier alpha value is -1.36. The lowest BCUT2D eigenvalue weighted by Gasteiger charge is -2.07. The first-order valence-electron chi connectivity index (χ1n) is 4.28. The zero-order valence-electron chi connectivity index (χ0n) is 7.96. The minimum atomic E-state index is -4.45. The number of halogens is 4. The van der Waals surface area contributed by atoms with Crippen molar-refractivity contribution in [1.82, 2.24) is 4.98 Å². The van der Waals surface area contributed by atoms with Crippen LogP contribution in [-0.2, 0) is 11.0 Å². The number of alkyl halides is 3.